The van der Waals surface area contributed by atoms with Gasteiger partial charge in [-0.25, -0.2) is 4.98 Å². The second-order valence-electron chi connectivity index (χ2n) is 4.30. The van der Waals surface area contributed by atoms with Crippen LogP contribution in [0.2, 0.25) is 0 Å². The molecule has 0 atom stereocenters. The molecule has 1 aliphatic rings. The van der Waals surface area contributed by atoms with E-state index in [1.165, 1.54) is 0 Å². The molecule has 3 rings (SSSR count). The van der Waals surface area contributed by atoms with Gasteiger partial charge in [0.2, 0.25) is 5.91 Å². The third kappa shape index (κ3) is 2.01. The number of nitrogens with zero attached hydrogens (tertiary/aromatic N) is 2. The largest absolute Gasteiger partial charge is 0.352 e. The zero-order valence-corrected chi connectivity index (χ0v) is 9.39. The lowest BCUT2D eigenvalue weighted by Crippen LogP contribution is -2.50. The van der Waals surface area contributed by atoms with Gasteiger partial charge < -0.3 is 15.0 Å². The van der Waals surface area contributed by atoms with Gasteiger partial charge in [-0.05, 0) is 17.7 Å². The molecule has 1 fully saturated rings. The molecule has 2 N–H and O–H groups in total. The minimum Gasteiger partial charge on any atom is -0.352 e. The van der Waals surface area contributed by atoms with Crippen molar-refractivity contribution in [1.29, 1.82) is 0 Å². The molecule has 1 amide bonds. The first-order chi connectivity index (χ1) is 8.33. The van der Waals surface area contributed by atoms with Crippen molar-refractivity contribution >= 4 is 11.6 Å². The highest BCUT2D eigenvalue weighted by Crippen LogP contribution is 2.07. The molecule has 88 valence electrons. The fourth-order valence-corrected chi connectivity index (χ4v) is 1.87. The van der Waals surface area contributed by atoms with Crippen LogP contribution in [0.1, 0.15) is 5.56 Å². The zero-order valence-electron chi connectivity index (χ0n) is 9.39. The Labute approximate surface area is 98.8 Å². The smallest absolute Gasteiger partial charge is 0.225 e. The van der Waals surface area contributed by atoms with Gasteiger partial charge in [-0.1, -0.05) is 0 Å². The van der Waals surface area contributed by atoms with Crippen LogP contribution in [0.25, 0.3) is 5.65 Å². The van der Waals surface area contributed by atoms with Crippen molar-refractivity contribution in [3.63, 3.8) is 0 Å². The van der Waals surface area contributed by atoms with Crippen molar-refractivity contribution < 1.29 is 4.79 Å². The molecule has 0 saturated carbocycles. The normalized spacial score (nSPS) is 15.8. The van der Waals surface area contributed by atoms with E-state index < -0.39 is 0 Å². The number of carbonyl (C=O) groups excluding carboxylic acids is 1. The average molecular weight is 230 g/mol. The predicted octanol–water partition coefficient (Wildman–Crippen LogP) is 0.170. The fourth-order valence-electron chi connectivity index (χ4n) is 1.87. The molecule has 2 aromatic heterocycles. The van der Waals surface area contributed by atoms with Crippen LogP contribution >= 0.6 is 0 Å². The van der Waals surface area contributed by atoms with Crippen molar-refractivity contribution in [2.24, 2.45) is 5.92 Å². The van der Waals surface area contributed by atoms with Crippen LogP contribution in [-0.2, 0) is 11.3 Å². The third-order valence-electron chi connectivity index (χ3n) is 3.08. The number of fused-ring (bicyclic) bond motifs is 1. The van der Waals surface area contributed by atoms with Gasteiger partial charge in [0.05, 0.1) is 5.92 Å². The number of rotatable bonds is 3. The summed E-state index contributed by atoms with van der Waals surface area (Å²) < 4.78 is 1.95. The molecule has 5 heteroatoms. The fraction of sp³-hybridized carbons (Fsp3) is 0.333. The third-order valence-corrected chi connectivity index (χ3v) is 3.08. The molecule has 1 aliphatic heterocycles. The second kappa shape index (κ2) is 4.18. The van der Waals surface area contributed by atoms with Crippen molar-refractivity contribution in [2.75, 3.05) is 13.1 Å². The SMILES string of the molecule is O=C(NCc1ccn2ccnc2c1)C1CNC1. The number of nitrogens with one attached hydrogen (secondary N) is 2. The summed E-state index contributed by atoms with van der Waals surface area (Å²) in [6, 6.07) is 3.98. The topological polar surface area (TPSA) is 58.4 Å². The van der Waals surface area contributed by atoms with E-state index in [9.17, 15) is 4.79 Å². The summed E-state index contributed by atoms with van der Waals surface area (Å²) in [6.45, 7) is 2.16. The summed E-state index contributed by atoms with van der Waals surface area (Å²) in [4.78, 5) is 15.8. The van der Waals surface area contributed by atoms with Crippen molar-refractivity contribution in [3.05, 3.63) is 36.3 Å². The molecule has 0 aliphatic carbocycles. The highest BCUT2D eigenvalue weighted by molar-refractivity contribution is 5.80. The minimum absolute atomic E-state index is 0.131. The van der Waals surface area contributed by atoms with E-state index in [1.807, 2.05) is 28.9 Å². The molecule has 1 saturated heterocycles. The van der Waals surface area contributed by atoms with Gasteiger partial charge in [-0.2, -0.15) is 0 Å². The Morgan fingerprint density at radius 3 is 3.18 bits per heavy atom. The van der Waals surface area contributed by atoms with E-state index >= 15 is 0 Å². The monoisotopic (exact) mass is 230 g/mol. The standard InChI is InChI=1S/C12H14N4O/c17-12(10-7-13-8-10)15-6-9-1-3-16-4-2-14-11(16)5-9/h1-5,10,13H,6-8H2,(H,15,17). The summed E-state index contributed by atoms with van der Waals surface area (Å²) in [5, 5.41) is 6.03. The van der Waals surface area contributed by atoms with Gasteiger partial charge in [0.1, 0.15) is 5.65 Å². The molecule has 0 spiro atoms. The number of carbonyl (C=O) groups is 1. The highest BCUT2D eigenvalue weighted by atomic mass is 16.2. The van der Waals surface area contributed by atoms with Gasteiger partial charge in [0, 0.05) is 38.2 Å². The highest BCUT2D eigenvalue weighted by Gasteiger charge is 2.24. The minimum atomic E-state index is 0.131. The average Bonchev–Trinajstić information content (AvgIpc) is 2.71. The lowest BCUT2D eigenvalue weighted by Gasteiger charge is -2.25. The number of hydrogen-bond acceptors (Lipinski definition) is 3. The Morgan fingerprint density at radius 2 is 2.41 bits per heavy atom. The predicted molar refractivity (Wildman–Crippen MR) is 63.4 cm³/mol. The molecule has 17 heavy (non-hydrogen) atoms. The molecule has 0 radical (unpaired) electrons. The first kappa shape index (κ1) is 10.3. The number of imidazole rings is 1. The van der Waals surface area contributed by atoms with Crippen molar-refractivity contribution in [3.8, 4) is 0 Å². The maximum absolute atomic E-state index is 11.6. The van der Waals surface area contributed by atoms with Crippen LogP contribution < -0.4 is 10.6 Å². The van der Waals surface area contributed by atoms with Crippen molar-refractivity contribution in [2.45, 2.75) is 6.54 Å². The first-order valence-electron chi connectivity index (χ1n) is 5.73. The van der Waals surface area contributed by atoms with E-state index in [2.05, 4.69) is 15.6 Å². The van der Waals surface area contributed by atoms with Crippen LogP contribution in [0.3, 0.4) is 0 Å². The Balaban J connectivity index is 1.65. The molecular formula is C12H14N4O. The molecule has 5 nitrogen and oxygen atoms in total. The quantitative estimate of drug-likeness (QED) is 0.790. The molecule has 2 aromatic rings. The van der Waals surface area contributed by atoms with E-state index in [0.717, 1.165) is 24.3 Å². The molecule has 0 unspecified atom stereocenters. The zero-order chi connectivity index (χ0) is 11.7. The van der Waals surface area contributed by atoms with E-state index in [-0.39, 0.29) is 11.8 Å². The van der Waals surface area contributed by atoms with Gasteiger partial charge in [-0.3, -0.25) is 4.79 Å². The number of hydrogen-bond donors (Lipinski definition) is 2. The van der Waals surface area contributed by atoms with E-state index in [1.54, 1.807) is 6.20 Å². The van der Waals surface area contributed by atoms with Gasteiger partial charge in [0.25, 0.3) is 0 Å². The van der Waals surface area contributed by atoms with Crippen LogP contribution in [0.4, 0.5) is 0 Å². The molecule has 0 aromatic carbocycles. The maximum Gasteiger partial charge on any atom is 0.225 e. The number of aromatic nitrogens is 2. The summed E-state index contributed by atoms with van der Waals surface area (Å²) >= 11 is 0. The Morgan fingerprint density at radius 1 is 1.53 bits per heavy atom. The van der Waals surface area contributed by atoms with E-state index in [0.29, 0.717) is 6.54 Å². The van der Waals surface area contributed by atoms with Crippen molar-refractivity contribution in [1.82, 2.24) is 20.0 Å². The van der Waals surface area contributed by atoms with Gasteiger partial charge in [0.15, 0.2) is 0 Å². The number of amides is 1. The molecule has 3 heterocycles. The number of pyridine rings is 1. The lowest BCUT2D eigenvalue weighted by atomic mass is 10.0. The van der Waals surface area contributed by atoms with Crippen LogP contribution in [0.5, 0.6) is 0 Å². The molecular weight excluding hydrogens is 216 g/mol. The van der Waals surface area contributed by atoms with Crippen LogP contribution in [0.15, 0.2) is 30.7 Å². The lowest BCUT2D eigenvalue weighted by molar-refractivity contribution is -0.126. The maximum atomic E-state index is 11.6. The second-order valence-corrected chi connectivity index (χ2v) is 4.30. The van der Waals surface area contributed by atoms with Gasteiger partial charge in [-0.15, -0.1) is 0 Å². The summed E-state index contributed by atoms with van der Waals surface area (Å²) in [6.07, 6.45) is 5.62. The Hall–Kier alpha value is -1.88. The summed E-state index contributed by atoms with van der Waals surface area (Å²) in [5.41, 5.74) is 1.98. The van der Waals surface area contributed by atoms with Crippen LogP contribution in [-0.4, -0.2) is 28.4 Å². The molecule has 0 bridgehead atoms. The first-order valence-corrected chi connectivity index (χ1v) is 5.73. The van der Waals surface area contributed by atoms with E-state index in [4.69, 9.17) is 0 Å². The van der Waals surface area contributed by atoms with Gasteiger partial charge >= 0.3 is 0 Å². The van der Waals surface area contributed by atoms with Crippen LogP contribution in [0, 0.1) is 5.92 Å². The Bertz CT molecular complexity index is 544. The Kier molecular flexibility index (Phi) is 2.53. The summed E-state index contributed by atoms with van der Waals surface area (Å²) in [5.74, 6) is 0.275. The summed E-state index contributed by atoms with van der Waals surface area (Å²) in [7, 11) is 0.